The van der Waals surface area contributed by atoms with Gasteiger partial charge in [0, 0.05) is 35.3 Å². The number of nitrogens with one attached hydrogen (secondary N) is 3. The molecule has 6 nitrogen and oxygen atoms in total. The molecule has 4 aromatic rings. The summed E-state index contributed by atoms with van der Waals surface area (Å²) in [5.74, 6) is 1.23. The molecule has 0 spiro atoms. The van der Waals surface area contributed by atoms with E-state index < -0.39 is 0 Å². The predicted molar refractivity (Wildman–Crippen MR) is 107 cm³/mol. The first-order valence-corrected chi connectivity index (χ1v) is 8.77. The number of benzene rings is 2. The lowest BCUT2D eigenvalue weighted by Gasteiger charge is -2.08. The van der Waals surface area contributed by atoms with Crippen LogP contribution in [0, 0.1) is 0 Å². The van der Waals surface area contributed by atoms with Crippen molar-refractivity contribution in [2.45, 2.75) is 6.42 Å². The van der Waals surface area contributed by atoms with Gasteiger partial charge in [-0.25, -0.2) is 4.98 Å². The molecule has 27 heavy (non-hydrogen) atoms. The lowest BCUT2D eigenvalue weighted by atomic mass is 10.1. The van der Waals surface area contributed by atoms with E-state index in [1.54, 1.807) is 7.11 Å². The Morgan fingerprint density at radius 2 is 1.93 bits per heavy atom. The molecule has 136 valence electrons. The van der Waals surface area contributed by atoms with E-state index in [4.69, 9.17) is 4.74 Å². The van der Waals surface area contributed by atoms with Crippen LogP contribution in [0.15, 0.2) is 65.6 Å². The molecule has 0 radical (unpaired) electrons. The summed E-state index contributed by atoms with van der Waals surface area (Å²) in [5, 5.41) is 4.43. The summed E-state index contributed by atoms with van der Waals surface area (Å²) in [6, 6.07) is 17.2. The van der Waals surface area contributed by atoms with Crippen LogP contribution < -0.4 is 15.6 Å². The summed E-state index contributed by atoms with van der Waals surface area (Å²) in [5.41, 5.74) is 3.65. The van der Waals surface area contributed by atoms with Gasteiger partial charge in [0.15, 0.2) is 0 Å². The van der Waals surface area contributed by atoms with Gasteiger partial charge in [0.25, 0.3) is 5.56 Å². The Labute approximate surface area is 156 Å². The van der Waals surface area contributed by atoms with Gasteiger partial charge < -0.3 is 15.0 Å². The number of fused-ring (bicyclic) bond motifs is 1. The molecule has 2 aromatic heterocycles. The topological polar surface area (TPSA) is 82.8 Å². The van der Waals surface area contributed by atoms with E-state index >= 15 is 0 Å². The van der Waals surface area contributed by atoms with Crippen LogP contribution in [-0.2, 0) is 6.42 Å². The minimum atomic E-state index is -0.189. The molecular formula is C21H20N4O2. The second-order valence-electron chi connectivity index (χ2n) is 6.24. The molecule has 6 heteroatoms. The van der Waals surface area contributed by atoms with Crippen molar-refractivity contribution in [3.8, 4) is 17.0 Å². The van der Waals surface area contributed by atoms with Crippen LogP contribution in [0.3, 0.4) is 0 Å². The second-order valence-corrected chi connectivity index (χ2v) is 6.24. The van der Waals surface area contributed by atoms with Crippen LogP contribution in [0.25, 0.3) is 22.2 Å². The van der Waals surface area contributed by atoms with Gasteiger partial charge in [-0.05, 0) is 42.3 Å². The van der Waals surface area contributed by atoms with E-state index in [2.05, 4.69) is 32.4 Å². The van der Waals surface area contributed by atoms with Gasteiger partial charge >= 0.3 is 0 Å². The predicted octanol–water partition coefficient (Wildman–Crippen LogP) is 3.58. The molecule has 0 aliphatic rings. The first kappa shape index (κ1) is 16.9. The van der Waals surface area contributed by atoms with Crippen molar-refractivity contribution < 1.29 is 4.74 Å². The maximum atomic E-state index is 12.0. The van der Waals surface area contributed by atoms with Crippen molar-refractivity contribution in [2.24, 2.45) is 0 Å². The van der Waals surface area contributed by atoms with Gasteiger partial charge in [0.1, 0.15) is 5.75 Å². The standard InChI is InChI=1S/C21H20N4O2/c1-27-16-8-6-14(7-9-16)19-12-20(26)25-21(24-19)22-11-10-15-13-23-18-5-3-2-4-17(15)18/h2-9,12-13,23H,10-11H2,1H3,(H2,22,24,25,26). The van der Waals surface area contributed by atoms with Gasteiger partial charge in [-0.1, -0.05) is 18.2 Å². The van der Waals surface area contributed by atoms with Gasteiger partial charge in [-0.2, -0.15) is 0 Å². The SMILES string of the molecule is COc1ccc(-c2cc(=O)[nH]c(NCCc3c[nH]c4ccccc34)n2)cc1. The van der Waals surface area contributed by atoms with Crippen molar-refractivity contribution in [1.82, 2.24) is 15.0 Å². The van der Waals surface area contributed by atoms with E-state index in [0.29, 0.717) is 18.2 Å². The van der Waals surface area contributed by atoms with Crippen LogP contribution in [0.4, 0.5) is 5.95 Å². The number of aromatic nitrogens is 3. The maximum Gasteiger partial charge on any atom is 0.252 e. The molecule has 4 rings (SSSR count). The van der Waals surface area contributed by atoms with Crippen molar-refractivity contribution in [3.63, 3.8) is 0 Å². The number of hydrogen-bond acceptors (Lipinski definition) is 4. The summed E-state index contributed by atoms with van der Waals surface area (Å²) in [6.45, 7) is 0.664. The molecule has 0 bridgehead atoms. The molecule has 2 aromatic carbocycles. The average Bonchev–Trinajstić information content (AvgIpc) is 3.11. The molecule has 0 saturated carbocycles. The highest BCUT2D eigenvalue weighted by Gasteiger charge is 2.06. The quantitative estimate of drug-likeness (QED) is 0.491. The highest BCUT2D eigenvalue weighted by molar-refractivity contribution is 5.83. The number of anilines is 1. The molecule has 2 heterocycles. The molecule has 0 unspecified atom stereocenters. The number of rotatable bonds is 6. The van der Waals surface area contributed by atoms with Crippen LogP contribution in [0.1, 0.15) is 5.56 Å². The van der Waals surface area contributed by atoms with E-state index in [0.717, 1.165) is 23.3 Å². The number of nitrogens with zero attached hydrogens (tertiary/aromatic N) is 1. The molecule has 0 fully saturated rings. The molecule has 3 N–H and O–H groups in total. The van der Waals surface area contributed by atoms with Crippen LogP contribution >= 0.6 is 0 Å². The lowest BCUT2D eigenvalue weighted by Crippen LogP contribution is -2.14. The van der Waals surface area contributed by atoms with Crippen molar-refractivity contribution in [3.05, 3.63) is 76.7 Å². The molecule has 0 atom stereocenters. The van der Waals surface area contributed by atoms with E-state index in [1.165, 1.54) is 17.0 Å². The Morgan fingerprint density at radius 3 is 2.74 bits per heavy atom. The Morgan fingerprint density at radius 1 is 1.11 bits per heavy atom. The highest BCUT2D eigenvalue weighted by atomic mass is 16.5. The van der Waals surface area contributed by atoms with Crippen molar-refractivity contribution in [1.29, 1.82) is 0 Å². The highest BCUT2D eigenvalue weighted by Crippen LogP contribution is 2.21. The molecular weight excluding hydrogens is 340 g/mol. The number of aromatic amines is 2. The molecule has 0 aliphatic carbocycles. The zero-order valence-electron chi connectivity index (χ0n) is 15.0. The largest absolute Gasteiger partial charge is 0.497 e. The fraction of sp³-hybridized carbons (Fsp3) is 0.143. The van der Waals surface area contributed by atoms with E-state index in [9.17, 15) is 4.79 Å². The Kier molecular flexibility index (Phi) is 4.61. The fourth-order valence-corrected chi connectivity index (χ4v) is 3.11. The van der Waals surface area contributed by atoms with Gasteiger partial charge in [-0.15, -0.1) is 0 Å². The zero-order valence-corrected chi connectivity index (χ0v) is 15.0. The minimum Gasteiger partial charge on any atom is -0.497 e. The van der Waals surface area contributed by atoms with Crippen LogP contribution in [0.5, 0.6) is 5.75 Å². The van der Waals surface area contributed by atoms with Gasteiger partial charge in [-0.3, -0.25) is 9.78 Å². The summed E-state index contributed by atoms with van der Waals surface area (Å²) < 4.78 is 5.17. The second kappa shape index (κ2) is 7.37. The molecule has 0 aliphatic heterocycles. The minimum absolute atomic E-state index is 0.189. The number of ether oxygens (including phenoxy) is 1. The maximum absolute atomic E-state index is 12.0. The first-order chi connectivity index (χ1) is 13.2. The Bertz CT molecular complexity index is 1110. The Balaban J connectivity index is 1.49. The third-order valence-electron chi connectivity index (χ3n) is 4.49. The van der Waals surface area contributed by atoms with Crippen LogP contribution in [0.2, 0.25) is 0 Å². The fourth-order valence-electron chi connectivity index (χ4n) is 3.11. The number of methoxy groups -OCH3 is 1. The molecule has 0 amide bonds. The zero-order chi connectivity index (χ0) is 18.6. The summed E-state index contributed by atoms with van der Waals surface area (Å²) >= 11 is 0. The van der Waals surface area contributed by atoms with Gasteiger partial charge in [0.2, 0.25) is 5.95 Å². The summed E-state index contributed by atoms with van der Waals surface area (Å²) in [6.07, 6.45) is 2.84. The summed E-state index contributed by atoms with van der Waals surface area (Å²) in [4.78, 5) is 22.6. The number of H-pyrrole nitrogens is 2. The van der Waals surface area contributed by atoms with Gasteiger partial charge in [0.05, 0.1) is 12.8 Å². The lowest BCUT2D eigenvalue weighted by molar-refractivity contribution is 0.415. The van der Waals surface area contributed by atoms with E-state index in [1.807, 2.05) is 42.6 Å². The monoisotopic (exact) mass is 360 g/mol. The third kappa shape index (κ3) is 3.69. The number of para-hydroxylation sites is 1. The van der Waals surface area contributed by atoms with Crippen molar-refractivity contribution >= 4 is 16.9 Å². The number of hydrogen-bond donors (Lipinski definition) is 3. The Hall–Kier alpha value is -3.54. The third-order valence-corrected chi connectivity index (χ3v) is 4.49. The summed E-state index contributed by atoms with van der Waals surface area (Å²) in [7, 11) is 1.62. The smallest absolute Gasteiger partial charge is 0.252 e. The van der Waals surface area contributed by atoms with Crippen molar-refractivity contribution in [2.75, 3.05) is 19.0 Å². The van der Waals surface area contributed by atoms with Crippen LogP contribution in [-0.4, -0.2) is 28.6 Å². The van der Waals surface area contributed by atoms with E-state index in [-0.39, 0.29) is 5.56 Å². The molecule has 0 saturated heterocycles. The average molecular weight is 360 g/mol. The normalized spacial score (nSPS) is 10.9. The first-order valence-electron chi connectivity index (χ1n) is 8.77.